The summed E-state index contributed by atoms with van der Waals surface area (Å²) < 4.78 is 44.2. The minimum Gasteiger partial charge on any atom is -0.478 e. The second-order valence-corrected chi connectivity index (χ2v) is 8.27. The second-order valence-electron chi connectivity index (χ2n) is 6.62. The lowest BCUT2D eigenvalue weighted by Crippen LogP contribution is -2.18. The summed E-state index contributed by atoms with van der Waals surface area (Å²) in [6.45, 7) is 5.21. The van der Waals surface area contributed by atoms with Gasteiger partial charge in [-0.05, 0) is 61.0 Å². The van der Waals surface area contributed by atoms with Gasteiger partial charge in [0.05, 0.1) is 17.3 Å². The van der Waals surface area contributed by atoms with Crippen LogP contribution in [0.2, 0.25) is 0 Å². The van der Waals surface area contributed by atoms with E-state index in [0.29, 0.717) is 17.0 Å². The molecular weight excluding hydrogens is 401 g/mol. The molecule has 0 spiro atoms. The Balaban J connectivity index is 2.10. The largest absolute Gasteiger partial charge is 0.478 e. The van der Waals surface area contributed by atoms with Crippen molar-refractivity contribution in [3.05, 3.63) is 53.3 Å². The van der Waals surface area contributed by atoms with Crippen molar-refractivity contribution in [1.29, 1.82) is 0 Å². The Morgan fingerprint density at radius 3 is 2.59 bits per heavy atom. The number of rotatable bonds is 6. The standard InChI is InChI=1S/C18H18FN5O4S/c1-10(2)24-17(20-22-23-24)12-6-4-5-7-14(12)21-29(27,28)15-9-11(3)8-13(16(15)19)18(25)26/h4-10,21H,1-3H3,(H,25,26). The number of aromatic carboxylic acids is 1. The lowest BCUT2D eigenvalue weighted by atomic mass is 10.1. The number of carbonyl (C=O) groups is 1. The van der Waals surface area contributed by atoms with Gasteiger partial charge in [0.25, 0.3) is 10.0 Å². The van der Waals surface area contributed by atoms with Crippen molar-refractivity contribution in [2.24, 2.45) is 0 Å². The van der Waals surface area contributed by atoms with Gasteiger partial charge < -0.3 is 5.11 Å². The number of para-hydroxylation sites is 1. The fourth-order valence-corrected chi connectivity index (χ4v) is 4.04. The van der Waals surface area contributed by atoms with Gasteiger partial charge in [0.15, 0.2) is 11.6 Å². The minimum absolute atomic E-state index is 0.0861. The summed E-state index contributed by atoms with van der Waals surface area (Å²) >= 11 is 0. The predicted octanol–water partition coefficient (Wildman–Crippen LogP) is 2.87. The van der Waals surface area contributed by atoms with Crippen molar-refractivity contribution in [3.8, 4) is 11.4 Å². The zero-order valence-corrected chi connectivity index (χ0v) is 16.6. The molecule has 0 aliphatic heterocycles. The minimum atomic E-state index is -4.44. The molecule has 2 N–H and O–H groups in total. The Labute approximate surface area is 166 Å². The molecule has 29 heavy (non-hydrogen) atoms. The average Bonchev–Trinajstić information content (AvgIpc) is 3.13. The lowest BCUT2D eigenvalue weighted by Gasteiger charge is -2.15. The van der Waals surface area contributed by atoms with Crippen LogP contribution in [0.4, 0.5) is 10.1 Å². The fourth-order valence-electron chi connectivity index (χ4n) is 2.77. The number of aromatic nitrogens is 4. The molecule has 1 heterocycles. The van der Waals surface area contributed by atoms with Crippen LogP contribution < -0.4 is 4.72 Å². The highest BCUT2D eigenvalue weighted by Crippen LogP contribution is 2.30. The third kappa shape index (κ3) is 3.94. The SMILES string of the molecule is Cc1cc(C(=O)O)c(F)c(S(=O)(=O)Nc2ccccc2-c2nnnn2C(C)C)c1. The van der Waals surface area contributed by atoms with Crippen LogP contribution in [0.1, 0.15) is 35.8 Å². The summed E-state index contributed by atoms with van der Waals surface area (Å²) in [5, 5.41) is 20.6. The second kappa shape index (κ2) is 7.59. The summed E-state index contributed by atoms with van der Waals surface area (Å²) in [5.74, 6) is -2.56. The highest BCUT2D eigenvalue weighted by atomic mass is 32.2. The maximum Gasteiger partial charge on any atom is 0.338 e. The van der Waals surface area contributed by atoms with Crippen molar-refractivity contribution < 1.29 is 22.7 Å². The Bertz CT molecular complexity index is 1190. The number of nitrogens with zero attached hydrogens (tertiary/aromatic N) is 4. The van der Waals surface area contributed by atoms with Gasteiger partial charge in [-0.2, -0.15) is 0 Å². The molecule has 3 aromatic rings. The van der Waals surface area contributed by atoms with E-state index in [1.165, 1.54) is 17.7 Å². The first kappa shape index (κ1) is 20.4. The zero-order valence-electron chi connectivity index (χ0n) is 15.8. The third-order valence-corrected chi connectivity index (χ3v) is 5.46. The van der Waals surface area contributed by atoms with Crippen LogP contribution in [0.25, 0.3) is 11.4 Å². The van der Waals surface area contributed by atoms with E-state index in [4.69, 9.17) is 5.11 Å². The van der Waals surface area contributed by atoms with E-state index < -0.39 is 32.3 Å². The summed E-state index contributed by atoms with van der Waals surface area (Å²) in [6, 6.07) is 8.45. The first-order valence-electron chi connectivity index (χ1n) is 8.55. The predicted molar refractivity (Wildman–Crippen MR) is 103 cm³/mol. The highest BCUT2D eigenvalue weighted by Gasteiger charge is 2.26. The van der Waals surface area contributed by atoms with Crippen LogP contribution in [0, 0.1) is 12.7 Å². The molecule has 0 aliphatic rings. The number of aryl methyl sites for hydroxylation is 1. The third-order valence-electron chi connectivity index (χ3n) is 4.10. The summed E-state index contributed by atoms with van der Waals surface area (Å²) in [4.78, 5) is 10.5. The molecule has 2 aromatic carbocycles. The first-order chi connectivity index (χ1) is 13.6. The van der Waals surface area contributed by atoms with E-state index >= 15 is 0 Å². The molecule has 0 bridgehead atoms. The van der Waals surface area contributed by atoms with E-state index in [-0.39, 0.29) is 11.7 Å². The number of anilines is 1. The average molecular weight is 419 g/mol. The van der Waals surface area contributed by atoms with E-state index in [2.05, 4.69) is 20.2 Å². The van der Waals surface area contributed by atoms with Crippen LogP contribution >= 0.6 is 0 Å². The van der Waals surface area contributed by atoms with Crippen molar-refractivity contribution in [1.82, 2.24) is 20.2 Å². The van der Waals surface area contributed by atoms with Gasteiger partial charge in [-0.1, -0.05) is 12.1 Å². The Morgan fingerprint density at radius 2 is 1.93 bits per heavy atom. The normalized spacial score (nSPS) is 11.6. The molecule has 1 aromatic heterocycles. The van der Waals surface area contributed by atoms with Crippen LogP contribution in [0.15, 0.2) is 41.3 Å². The van der Waals surface area contributed by atoms with Gasteiger partial charge in [-0.3, -0.25) is 4.72 Å². The van der Waals surface area contributed by atoms with E-state index in [9.17, 15) is 17.6 Å². The maximum atomic E-state index is 14.6. The summed E-state index contributed by atoms with van der Waals surface area (Å²) in [5.41, 5.74) is 0.0897. The van der Waals surface area contributed by atoms with Gasteiger partial charge in [0.1, 0.15) is 4.90 Å². The molecule has 0 amide bonds. The molecule has 0 aliphatic carbocycles. The topological polar surface area (TPSA) is 127 Å². The summed E-state index contributed by atoms with van der Waals surface area (Å²) in [6.07, 6.45) is 0. The molecule has 0 saturated carbocycles. The smallest absolute Gasteiger partial charge is 0.338 e. The molecule has 9 nitrogen and oxygen atoms in total. The Kier molecular flexibility index (Phi) is 5.33. The van der Waals surface area contributed by atoms with Gasteiger partial charge in [-0.15, -0.1) is 5.10 Å². The van der Waals surface area contributed by atoms with Crippen LogP contribution in [-0.4, -0.2) is 39.7 Å². The zero-order chi connectivity index (χ0) is 21.3. The number of carboxylic acids is 1. The molecule has 0 unspecified atom stereocenters. The van der Waals surface area contributed by atoms with Crippen molar-refractivity contribution in [2.75, 3.05) is 4.72 Å². The van der Waals surface area contributed by atoms with E-state index in [0.717, 1.165) is 12.1 Å². The quantitative estimate of drug-likeness (QED) is 0.629. The first-order valence-corrected chi connectivity index (χ1v) is 10.0. The van der Waals surface area contributed by atoms with Crippen LogP contribution in [-0.2, 0) is 10.0 Å². The highest BCUT2D eigenvalue weighted by molar-refractivity contribution is 7.92. The molecule has 152 valence electrons. The van der Waals surface area contributed by atoms with Gasteiger partial charge in [-0.25, -0.2) is 22.3 Å². The molecule has 0 atom stereocenters. The number of hydrogen-bond acceptors (Lipinski definition) is 6. The monoisotopic (exact) mass is 419 g/mol. The number of carboxylic acid groups (broad SMARTS) is 1. The van der Waals surface area contributed by atoms with Crippen LogP contribution in [0.5, 0.6) is 0 Å². The number of sulfonamides is 1. The molecule has 11 heteroatoms. The Hall–Kier alpha value is -3.34. The van der Waals surface area contributed by atoms with Gasteiger partial charge >= 0.3 is 5.97 Å². The molecule has 0 saturated heterocycles. The summed E-state index contributed by atoms with van der Waals surface area (Å²) in [7, 11) is -4.44. The lowest BCUT2D eigenvalue weighted by molar-refractivity contribution is 0.0691. The van der Waals surface area contributed by atoms with Crippen molar-refractivity contribution in [2.45, 2.75) is 31.7 Å². The molecular formula is C18H18FN5O4S. The van der Waals surface area contributed by atoms with Gasteiger partial charge in [0, 0.05) is 5.56 Å². The van der Waals surface area contributed by atoms with E-state index in [1.54, 1.807) is 18.2 Å². The fraction of sp³-hybridized carbons (Fsp3) is 0.222. The van der Waals surface area contributed by atoms with Crippen molar-refractivity contribution >= 4 is 21.7 Å². The molecule has 0 fully saturated rings. The molecule has 0 radical (unpaired) electrons. The van der Waals surface area contributed by atoms with Crippen LogP contribution in [0.3, 0.4) is 0 Å². The van der Waals surface area contributed by atoms with E-state index in [1.807, 2.05) is 13.8 Å². The Morgan fingerprint density at radius 1 is 1.24 bits per heavy atom. The number of hydrogen-bond donors (Lipinski definition) is 2. The van der Waals surface area contributed by atoms with Crippen molar-refractivity contribution in [3.63, 3.8) is 0 Å². The molecule has 3 rings (SSSR count). The number of benzene rings is 2. The number of halogens is 1. The van der Waals surface area contributed by atoms with Gasteiger partial charge in [0.2, 0.25) is 0 Å². The number of nitrogens with one attached hydrogen (secondary N) is 1. The maximum absolute atomic E-state index is 14.6. The number of tetrazole rings is 1.